The summed E-state index contributed by atoms with van der Waals surface area (Å²) in [4.78, 5) is 0.622. The molecule has 0 aromatic heterocycles. The monoisotopic (exact) mass is 286 g/mol. The highest BCUT2D eigenvalue weighted by Crippen LogP contribution is 2.37. The van der Waals surface area contributed by atoms with Crippen LogP contribution in [0.4, 0.5) is 0 Å². The van der Waals surface area contributed by atoms with Gasteiger partial charge in [-0.05, 0) is 36.8 Å². The van der Waals surface area contributed by atoms with Gasteiger partial charge in [0.15, 0.2) is 11.5 Å². The van der Waals surface area contributed by atoms with Gasteiger partial charge >= 0.3 is 0 Å². The summed E-state index contributed by atoms with van der Waals surface area (Å²) in [5.41, 5.74) is 2.45. The lowest BCUT2D eigenvalue weighted by Gasteiger charge is -2.04. The molecule has 0 saturated carbocycles. The number of phenols is 3. The number of phenolic OH excluding ortho intramolecular Hbond substituents is 3. The van der Waals surface area contributed by atoms with E-state index in [9.17, 15) is 15.3 Å². The summed E-state index contributed by atoms with van der Waals surface area (Å²) >= 11 is 5.28. The maximum Gasteiger partial charge on any atom is 0.200 e. The van der Waals surface area contributed by atoms with E-state index in [4.69, 9.17) is 12.2 Å². The van der Waals surface area contributed by atoms with E-state index in [2.05, 4.69) is 0 Å². The van der Waals surface area contributed by atoms with Crippen LogP contribution < -0.4 is 0 Å². The van der Waals surface area contributed by atoms with Crippen molar-refractivity contribution in [1.82, 2.24) is 0 Å². The molecule has 0 radical (unpaired) electrons. The predicted molar refractivity (Wildman–Crippen MR) is 83.3 cm³/mol. The van der Waals surface area contributed by atoms with Crippen molar-refractivity contribution in [2.75, 3.05) is 0 Å². The highest BCUT2D eigenvalue weighted by atomic mass is 32.1. The van der Waals surface area contributed by atoms with Crippen molar-refractivity contribution in [3.8, 4) is 17.2 Å². The zero-order chi connectivity index (χ0) is 14.7. The minimum Gasteiger partial charge on any atom is -0.504 e. The van der Waals surface area contributed by atoms with E-state index in [1.807, 2.05) is 31.2 Å². The van der Waals surface area contributed by atoms with Crippen LogP contribution in [0.25, 0.3) is 6.08 Å². The molecule has 0 heterocycles. The Morgan fingerprint density at radius 3 is 2.25 bits per heavy atom. The van der Waals surface area contributed by atoms with E-state index in [-0.39, 0.29) is 11.5 Å². The fourth-order valence-corrected chi connectivity index (χ4v) is 1.90. The first-order chi connectivity index (χ1) is 9.49. The molecule has 2 rings (SSSR count). The zero-order valence-corrected chi connectivity index (χ0v) is 11.7. The lowest BCUT2D eigenvalue weighted by Crippen LogP contribution is -1.92. The molecular formula is C16H14O3S. The first-order valence-corrected chi connectivity index (χ1v) is 6.43. The standard InChI is InChI=1S/C16H14O3S/c1-10-2-4-11(5-3-10)14(20)9-7-12-6-8-13(17)16(19)15(12)18/h2-9,17-19H,1H3. The zero-order valence-electron chi connectivity index (χ0n) is 10.9. The van der Waals surface area contributed by atoms with Crippen LogP contribution in [0.3, 0.4) is 0 Å². The third-order valence-corrected chi connectivity index (χ3v) is 3.28. The van der Waals surface area contributed by atoms with E-state index >= 15 is 0 Å². The van der Waals surface area contributed by atoms with Crippen LogP contribution in [-0.4, -0.2) is 20.2 Å². The number of benzene rings is 2. The smallest absolute Gasteiger partial charge is 0.200 e. The summed E-state index contributed by atoms with van der Waals surface area (Å²) < 4.78 is 0. The fraction of sp³-hybridized carbons (Fsp3) is 0.0625. The van der Waals surface area contributed by atoms with Crippen LogP contribution in [-0.2, 0) is 0 Å². The van der Waals surface area contributed by atoms with Gasteiger partial charge in [-0.1, -0.05) is 42.0 Å². The summed E-state index contributed by atoms with van der Waals surface area (Å²) in [5, 5.41) is 28.4. The third-order valence-electron chi connectivity index (χ3n) is 2.91. The van der Waals surface area contributed by atoms with Crippen molar-refractivity contribution in [3.63, 3.8) is 0 Å². The Bertz CT molecular complexity index is 673. The normalized spacial score (nSPS) is 10.8. The molecule has 3 nitrogen and oxygen atoms in total. The van der Waals surface area contributed by atoms with E-state index in [1.165, 1.54) is 12.1 Å². The van der Waals surface area contributed by atoms with Crippen LogP contribution in [0, 0.1) is 6.92 Å². The van der Waals surface area contributed by atoms with Crippen LogP contribution in [0.15, 0.2) is 42.5 Å². The van der Waals surface area contributed by atoms with Crippen LogP contribution in [0.5, 0.6) is 17.2 Å². The largest absolute Gasteiger partial charge is 0.504 e. The number of hydrogen-bond acceptors (Lipinski definition) is 4. The number of rotatable bonds is 3. The first-order valence-electron chi connectivity index (χ1n) is 6.02. The van der Waals surface area contributed by atoms with Crippen molar-refractivity contribution < 1.29 is 15.3 Å². The predicted octanol–water partition coefficient (Wildman–Crippen LogP) is 3.54. The Morgan fingerprint density at radius 1 is 0.950 bits per heavy atom. The third kappa shape index (κ3) is 2.97. The summed E-state index contributed by atoms with van der Waals surface area (Å²) in [6.07, 6.45) is 3.27. The number of allylic oxidation sites excluding steroid dienone is 1. The second-order valence-electron chi connectivity index (χ2n) is 4.43. The number of aromatic hydroxyl groups is 3. The molecule has 2 aromatic rings. The molecule has 0 bridgehead atoms. The van der Waals surface area contributed by atoms with Gasteiger partial charge in [0.1, 0.15) is 0 Å². The molecular weight excluding hydrogens is 272 g/mol. The van der Waals surface area contributed by atoms with Crippen molar-refractivity contribution in [2.24, 2.45) is 0 Å². The highest BCUT2D eigenvalue weighted by Gasteiger charge is 2.08. The summed E-state index contributed by atoms with van der Waals surface area (Å²) in [6, 6.07) is 10.6. The highest BCUT2D eigenvalue weighted by molar-refractivity contribution is 7.81. The molecule has 0 saturated heterocycles. The van der Waals surface area contributed by atoms with E-state index in [1.54, 1.807) is 12.2 Å². The van der Waals surface area contributed by atoms with E-state index < -0.39 is 5.75 Å². The molecule has 0 spiro atoms. The van der Waals surface area contributed by atoms with Gasteiger partial charge in [-0.25, -0.2) is 0 Å². The molecule has 0 aliphatic rings. The van der Waals surface area contributed by atoms with Gasteiger partial charge in [0.25, 0.3) is 0 Å². The molecule has 0 amide bonds. The van der Waals surface area contributed by atoms with Crippen LogP contribution in [0.1, 0.15) is 16.7 Å². The van der Waals surface area contributed by atoms with E-state index in [0.29, 0.717) is 10.4 Å². The lowest BCUT2D eigenvalue weighted by molar-refractivity contribution is 0.367. The van der Waals surface area contributed by atoms with Crippen molar-refractivity contribution >= 4 is 23.2 Å². The molecule has 0 unspecified atom stereocenters. The molecule has 4 heteroatoms. The Balaban J connectivity index is 2.23. The molecule has 20 heavy (non-hydrogen) atoms. The minimum atomic E-state index is -0.534. The Labute approximate surface area is 122 Å². The number of thiocarbonyl (C=S) groups is 1. The van der Waals surface area contributed by atoms with Crippen LogP contribution in [0.2, 0.25) is 0 Å². The quantitative estimate of drug-likeness (QED) is 0.349. The van der Waals surface area contributed by atoms with Gasteiger partial charge in [0.05, 0.1) is 0 Å². The first kappa shape index (κ1) is 14.1. The second-order valence-corrected chi connectivity index (χ2v) is 4.87. The molecule has 0 aliphatic carbocycles. The number of aryl methyl sites for hydroxylation is 1. The van der Waals surface area contributed by atoms with Gasteiger partial charge in [-0.2, -0.15) is 0 Å². The van der Waals surface area contributed by atoms with Gasteiger partial charge in [0, 0.05) is 10.4 Å². The molecule has 0 aliphatic heterocycles. The summed E-state index contributed by atoms with van der Waals surface area (Å²) in [5.74, 6) is -1.26. The topological polar surface area (TPSA) is 60.7 Å². The second kappa shape index (κ2) is 5.75. The Morgan fingerprint density at radius 2 is 1.60 bits per heavy atom. The summed E-state index contributed by atoms with van der Waals surface area (Å²) in [6.45, 7) is 2.00. The minimum absolute atomic E-state index is 0.360. The fourth-order valence-electron chi connectivity index (χ4n) is 1.70. The Hall–Kier alpha value is -2.33. The van der Waals surface area contributed by atoms with Crippen molar-refractivity contribution in [2.45, 2.75) is 6.92 Å². The number of hydrogen-bond donors (Lipinski definition) is 3. The van der Waals surface area contributed by atoms with Crippen LogP contribution >= 0.6 is 12.2 Å². The van der Waals surface area contributed by atoms with Gasteiger partial charge < -0.3 is 15.3 Å². The molecule has 0 atom stereocenters. The SMILES string of the molecule is Cc1ccc(C(=S)C=Cc2ccc(O)c(O)c2O)cc1. The molecule has 2 aromatic carbocycles. The molecule has 102 valence electrons. The average molecular weight is 286 g/mol. The molecule has 0 fully saturated rings. The van der Waals surface area contributed by atoms with Gasteiger partial charge in [-0.15, -0.1) is 0 Å². The lowest BCUT2D eigenvalue weighted by atomic mass is 10.1. The maximum absolute atomic E-state index is 9.69. The van der Waals surface area contributed by atoms with Crippen molar-refractivity contribution in [1.29, 1.82) is 0 Å². The van der Waals surface area contributed by atoms with Crippen molar-refractivity contribution in [3.05, 3.63) is 59.2 Å². The van der Waals surface area contributed by atoms with E-state index in [0.717, 1.165) is 11.1 Å². The van der Waals surface area contributed by atoms with Gasteiger partial charge in [0.2, 0.25) is 5.75 Å². The Kier molecular flexibility index (Phi) is 4.05. The average Bonchev–Trinajstić information content (AvgIpc) is 2.44. The molecule has 3 N–H and O–H groups in total. The maximum atomic E-state index is 9.69. The summed E-state index contributed by atoms with van der Waals surface area (Å²) in [7, 11) is 0. The van der Waals surface area contributed by atoms with Gasteiger partial charge in [-0.3, -0.25) is 0 Å².